The van der Waals surface area contributed by atoms with Gasteiger partial charge in [0.1, 0.15) is 17.4 Å². The fourth-order valence-electron chi connectivity index (χ4n) is 3.02. The lowest BCUT2D eigenvalue weighted by atomic mass is 9.97. The van der Waals surface area contributed by atoms with E-state index in [0.717, 1.165) is 5.56 Å². The minimum atomic E-state index is -0.868. The van der Waals surface area contributed by atoms with Gasteiger partial charge in [-0.25, -0.2) is 0 Å². The lowest BCUT2D eigenvalue weighted by molar-refractivity contribution is -0.136. The van der Waals surface area contributed by atoms with E-state index in [4.69, 9.17) is 4.74 Å². The second-order valence-corrected chi connectivity index (χ2v) is 7.80. The molecule has 0 saturated heterocycles. The first-order valence-corrected chi connectivity index (χ1v) is 9.06. The number of nitrogens with zero attached hydrogens (tertiary/aromatic N) is 3. The molecule has 2 aromatic rings. The topological polar surface area (TPSA) is 109 Å². The molecule has 8 nitrogen and oxygen atoms in total. The number of carbonyl (C=O) groups is 2. The molecule has 146 valence electrons. The van der Waals surface area contributed by atoms with Crippen LogP contribution in [0.15, 0.2) is 30.5 Å². The van der Waals surface area contributed by atoms with Crippen LogP contribution >= 0.6 is 0 Å². The molecule has 8 heteroatoms. The minimum Gasteiger partial charge on any atom is -0.490 e. The Labute approximate surface area is 163 Å². The summed E-state index contributed by atoms with van der Waals surface area (Å²) in [4.78, 5) is 24.8. The van der Waals surface area contributed by atoms with Gasteiger partial charge in [0, 0.05) is 18.2 Å². The standard InChI is InChI=1S/C20H23N5O3/c1-12-9-15(14-7-5-6-8-16(14)28-12)22-18(26)19(27)23-17-13(10-21)11-25(24-17)20(2,3)4/h5-8,11-12,15H,9H2,1-4H3,(H,22,26)(H,23,24,27)/t12-,15-/m1/s1. The highest BCUT2D eigenvalue weighted by Gasteiger charge is 2.29. The molecule has 0 aliphatic carbocycles. The molecule has 1 aliphatic rings. The monoisotopic (exact) mass is 381 g/mol. The molecule has 2 atom stereocenters. The number of hydrogen-bond acceptors (Lipinski definition) is 5. The quantitative estimate of drug-likeness (QED) is 0.777. The van der Waals surface area contributed by atoms with Crippen LogP contribution in [0.25, 0.3) is 0 Å². The van der Waals surface area contributed by atoms with Gasteiger partial charge in [0.15, 0.2) is 5.82 Å². The number of aromatic nitrogens is 2. The van der Waals surface area contributed by atoms with Crippen molar-refractivity contribution >= 4 is 17.6 Å². The lowest BCUT2D eigenvalue weighted by Crippen LogP contribution is -2.41. The van der Waals surface area contributed by atoms with E-state index >= 15 is 0 Å². The summed E-state index contributed by atoms with van der Waals surface area (Å²) in [5.41, 5.74) is 0.663. The molecular formula is C20H23N5O3. The summed E-state index contributed by atoms with van der Waals surface area (Å²) in [5, 5.41) is 18.7. The Morgan fingerprint density at radius 3 is 2.68 bits per heavy atom. The smallest absolute Gasteiger partial charge is 0.314 e. The van der Waals surface area contributed by atoms with Gasteiger partial charge in [0.05, 0.1) is 17.7 Å². The van der Waals surface area contributed by atoms with Gasteiger partial charge in [0.2, 0.25) is 0 Å². The van der Waals surface area contributed by atoms with Crippen LogP contribution < -0.4 is 15.4 Å². The summed E-state index contributed by atoms with van der Waals surface area (Å²) in [6, 6.07) is 9.07. The summed E-state index contributed by atoms with van der Waals surface area (Å²) in [6.45, 7) is 7.67. The number of anilines is 1. The fourth-order valence-corrected chi connectivity index (χ4v) is 3.02. The molecule has 0 fully saturated rings. The summed E-state index contributed by atoms with van der Waals surface area (Å²) < 4.78 is 7.34. The van der Waals surface area contributed by atoms with Crippen molar-refractivity contribution in [3.63, 3.8) is 0 Å². The lowest BCUT2D eigenvalue weighted by Gasteiger charge is -2.30. The Bertz CT molecular complexity index is 951. The highest BCUT2D eigenvalue weighted by atomic mass is 16.5. The second kappa shape index (κ2) is 7.35. The van der Waals surface area contributed by atoms with Gasteiger partial charge >= 0.3 is 11.8 Å². The van der Waals surface area contributed by atoms with Crippen LogP contribution in [0.5, 0.6) is 5.75 Å². The molecule has 0 unspecified atom stereocenters. The Hall–Kier alpha value is -3.34. The number of hydrogen-bond donors (Lipinski definition) is 2. The van der Waals surface area contributed by atoms with Crippen molar-refractivity contribution in [2.24, 2.45) is 0 Å². The number of carbonyl (C=O) groups excluding carboxylic acids is 2. The first-order valence-electron chi connectivity index (χ1n) is 9.06. The van der Waals surface area contributed by atoms with Crippen molar-refractivity contribution in [3.05, 3.63) is 41.6 Å². The number of nitrogens with one attached hydrogen (secondary N) is 2. The number of benzene rings is 1. The number of ether oxygens (including phenoxy) is 1. The Morgan fingerprint density at radius 1 is 1.29 bits per heavy atom. The highest BCUT2D eigenvalue weighted by Crippen LogP contribution is 2.34. The predicted octanol–water partition coefficient (Wildman–Crippen LogP) is 2.48. The average Bonchev–Trinajstić information content (AvgIpc) is 3.04. The van der Waals surface area contributed by atoms with Crippen LogP contribution in [-0.2, 0) is 15.1 Å². The molecule has 0 bridgehead atoms. The first kappa shape index (κ1) is 19.4. The number of rotatable bonds is 2. The third-order valence-electron chi connectivity index (χ3n) is 4.46. The fraction of sp³-hybridized carbons (Fsp3) is 0.400. The van der Waals surface area contributed by atoms with Gasteiger partial charge in [-0.3, -0.25) is 19.6 Å². The summed E-state index contributed by atoms with van der Waals surface area (Å²) in [5.74, 6) is -0.892. The van der Waals surface area contributed by atoms with E-state index in [1.165, 1.54) is 0 Å². The van der Waals surface area contributed by atoms with Gasteiger partial charge in [-0.05, 0) is 33.8 Å². The van der Waals surface area contributed by atoms with Crippen molar-refractivity contribution in [2.75, 3.05) is 5.32 Å². The second-order valence-electron chi connectivity index (χ2n) is 7.80. The van der Waals surface area contributed by atoms with Crippen molar-refractivity contribution < 1.29 is 14.3 Å². The van der Waals surface area contributed by atoms with Crippen LogP contribution in [0.1, 0.15) is 51.3 Å². The molecule has 1 aromatic heterocycles. The van der Waals surface area contributed by atoms with Crippen molar-refractivity contribution in [1.82, 2.24) is 15.1 Å². The van der Waals surface area contributed by atoms with Gasteiger partial charge < -0.3 is 10.1 Å². The number of para-hydroxylation sites is 1. The molecule has 2 N–H and O–H groups in total. The Morgan fingerprint density at radius 2 is 2.00 bits per heavy atom. The van der Waals surface area contributed by atoms with Crippen molar-refractivity contribution in [2.45, 2.75) is 51.8 Å². The van der Waals surface area contributed by atoms with Crippen molar-refractivity contribution in [1.29, 1.82) is 5.26 Å². The molecule has 1 aliphatic heterocycles. The maximum Gasteiger partial charge on any atom is 0.314 e. The Balaban J connectivity index is 1.74. The molecule has 0 saturated carbocycles. The molecule has 3 rings (SSSR count). The third-order valence-corrected chi connectivity index (χ3v) is 4.46. The SMILES string of the molecule is C[C@@H]1C[C@@H](NC(=O)C(=O)Nc2nn(C(C)(C)C)cc2C#N)c2ccccc2O1. The summed E-state index contributed by atoms with van der Waals surface area (Å²) in [6.07, 6.45) is 2.01. The van der Waals surface area contributed by atoms with E-state index in [-0.39, 0.29) is 29.1 Å². The number of fused-ring (bicyclic) bond motifs is 1. The van der Waals surface area contributed by atoms with Crippen LogP contribution in [0, 0.1) is 11.3 Å². The van der Waals surface area contributed by atoms with E-state index in [9.17, 15) is 14.9 Å². The van der Waals surface area contributed by atoms with Crippen LogP contribution in [0.3, 0.4) is 0 Å². The largest absolute Gasteiger partial charge is 0.490 e. The van der Waals surface area contributed by atoms with Gasteiger partial charge in [0.25, 0.3) is 0 Å². The molecular weight excluding hydrogens is 358 g/mol. The van der Waals surface area contributed by atoms with Crippen LogP contribution in [-0.4, -0.2) is 27.7 Å². The average molecular weight is 381 g/mol. The van der Waals surface area contributed by atoms with Gasteiger partial charge in [-0.2, -0.15) is 10.4 Å². The Kier molecular flexibility index (Phi) is 5.10. The van der Waals surface area contributed by atoms with E-state index in [0.29, 0.717) is 12.2 Å². The zero-order valence-electron chi connectivity index (χ0n) is 16.3. The minimum absolute atomic E-state index is 0.0679. The normalized spacial score (nSPS) is 18.4. The summed E-state index contributed by atoms with van der Waals surface area (Å²) >= 11 is 0. The molecule has 2 heterocycles. The highest BCUT2D eigenvalue weighted by molar-refractivity contribution is 6.39. The van der Waals surface area contributed by atoms with E-state index in [1.807, 2.05) is 58.0 Å². The predicted molar refractivity (Wildman–Crippen MR) is 103 cm³/mol. The van der Waals surface area contributed by atoms with Gasteiger partial charge in [-0.15, -0.1) is 0 Å². The zero-order chi connectivity index (χ0) is 20.5. The third kappa shape index (κ3) is 3.98. The summed E-state index contributed by atoms with van der Waals surface area (Å²) in [7, 11) is 0. The number of amides is 2. The van der Waals surface area contributed by atoms with Crippen molar-refractivity contribution in [3.8, 4) is 11.8 Å². The van der Waals surface area contributed by atoms with Crippen LogP contribution in [0.2, 0.25) is 0 Å². The molecule has 0 spiro atoms. The van der Waals surface area contributed by atoms with Gasteiger partial charge in [-0.1, -0.05) is 18.2 Å². The van der Waals surface area contributed by atoms with Crippen LogP contribution in [0.4, 0.5) is 5.82 Å². The number of nitriles is 1. The molecule has 2 amide bonds. The van der Waals surface area contributed by atoms with E-state index in [1.54, 1.807) is 10.9 Å². The molecule has 1 aromatic carbocycles. The maximum absolute atomic E-state index is 12.5. The molecule has 0 radical (unpaired) electrons. The first-order chi connectivity index (χ1) is 13.2. The van der Waals surface area contributed by atoms with E-state index in [2.05, 4.69) is 15.7 Å². The maximum atomic E-state index is 12.5. The molecule has 28 heavy (non-hydrogen) atoms. The van der Waals surface area contributed by atoms with E-state index < -0.39 is 11.8 Å². The zero-order valence-corrected chi connectivity index (χ0v) is 16.3.